The zero-order valence-corrected chi connectivity index (χ0v) is 14.4. The number of halogens is 1. The molecular weight excluding hydrogens is 328 g/mol. The Morgan fingerprint density at radius 2 is 1.74 bits per heavy atom. The lowest BCUT2D eigenvalue weighted by atomic mass is 10.1. The lowest BCUT2D eigenvalue weighted by Gasteiger charge is -2.17. The second kappa shape index (κ2) is 8.61. The van der Waals surface area contributed by atoms with Crippen LogP contribution >= 0.6 is 23.4 Å². The predicted octanol–water partition coefficient (Wildman–Crippen LogP) is 4.10. The highest BCUT2D eigenvalue weighted by Gasteiger charge is 2.09. The molecule has 0 aliphatic rings. The first-order valence-electron chi connectivity index (χ1n) is 7.13. The molecule has 0 saturated carbocycles. The predicted molar refractivity (Wildman–Crippen MR) is 95.2 cm³/mol. The van der Waals surface area contributed by atoms with Crippen molar-refractivity contribution in [2.45, 2.75) is 12.3 Å². The molecule has 0 bridgehead atoms. The van der Waals surface area contributed by atoms with Gasteiger partial charge in [-0.15, -0.1) is 11.8 Å². The van der Waals surface area contributed by atoms with Gasteiger partial charge in [0.15, 0.2) is 0 Å². The first-order chi connectivity index (χ1) is 11.1. The van der Waals surface area contributed by atoms with Crippen LogP contribution in [0.1, 0.15) is 16.7 Å². The van der Waals surface area contributed by atoms with Crippen molar-refractivity contribution < 1.29 is 4.79 Å². The van der Waals surface area contributed by atoms with E-state index in [2.05, 4.69) is 6.07 Å². The van der Waals surface area contributed by atoms with Crippen LogP contribution in [0.2, 0.25) is 5.02 Å². The maximum atomic E-state index is 12.1. The Morgan fingerprint density at radius 1 is 1.13 bits per heavy atom. The summed E-state index contributed by atoms with van der Waals surface area (Å²) >= 11 is 7.44. The number of benzene rings is 2. The van der Waals surface area contributed by atoms with E-state index in [1.165, 1.54) is 0 Å². The van der Waals surface area contributed by atoms with Crippen molar-refractivity contribution in [3.05, 3.63) is 70.2 Å². The third kappa shape index (κ3) is 5.63. The highest BCUT2D eigenvalue weighted by atomic mass is 35.5. The summed E-state index contributed by atoms with van der Waals surface area (Å²) in [6.07, 6.45) is 0. The zero-order chi connectivity index (χ0) is 16.7. The van der Waals surface area contributed by atoms with Crippen molar-refractivity contribution in [1.29, 1.82) is 5.26 Å². The third-order valence-corrected chi connectivity index (χ3v) is 4.58. The lowest BCUT2D eigenvalue weighted by molar-refractivity contribution is -0.127. The summed E-state index contributed by atoms with van der Waals surface area (Å²) in [7, 11) is 1.80. The minimum atomic E-state index is 0.0910. The van der Waals surface area contributed by atoms with Gasteiger partial charge in [-0.05, 0) is 35.4 Å². The van der Waals surface area contributed by atoms with E-state index >= 15 is 0 Å². The van der Waals surface area contributed by atoms with E-state index in [0.29, 0.717) is 17.9 Å². The average molecular weight is 345 g/mol. The van der Waals surface area contributed by atoms with Crippen LogP contribution < -0.4 is 0 Å². The lowest BCUT2D eigenvalue weighted by Crippen LogP contribution is -2.27. The number of nitrogens with zero attached hydrogens (tertiary/aromatic N) is 2. The number of nitriles is 1. The molecule has 0 spiro atoms. The van der Waals surface area contributed by atoms with Gasteiger partial charge in [0.05, 0.1) is 17.4 Å². The molecule has 3 nitrogen and oxygen atoms in total. The second-order valence-corrected chi connectivity index (χ2v) is 6.60. The van der Waals surface area contributed by atoms with Gasteiger partial charge in [0.1, 0.15) is 0 Å². The van der Waals surface area contributed by atoms with Gasteiger partial charge >= 0.3 is 0 Å². The molecule has 0 atom stereocenters. The molecule has 0 aliphatic carbocycles. The highest BCUT2D eigenvalue weighted by Crippen LogP contribution is 2.16. The van der Waals surface area contributed by atoms with Gasteiger partial charge < -0.3 is 4.90 Å². The molecule has 5 heteroatoms. The average Bonchev–Trinajstić information content (AvgIpc) is 2.57. The number of carbonyl (C=O) groups is 1. The molecule has 0 saturated heterocycles. The Morgan fingerprint density at radius 3 is 2.35 bits per heavy atom. The van der Waals surface area contributed by atoms with E-state index < -0.39 is 0 Å². The van der Waals surface area contributed by atoms with Crippen LogP contribution in [0.3, 0.4) is 0 Å². The van der Waals surface area contributed by atoms with Crippen molar-refractivity contribution in [3.63, 3.8) is 0 Å². The molecule has 23 heavy (non-hydrogen) atoms. The topological polar surface area (TPSA) is 44.1 Å². The van der Waals surface area contributed by atoms with Gasteiger partial charge in [-0.1, -0.05) is 35.9 Å². The van der Waals surface area contributed by atoms with Gasteiger partial charge in [-0.3, -0.25) is 4.79 Å². The smallest absolute Gasteiger partial charge is 0.232 e. The van der Waals surface area contributed by atoms with Gasteiger partial charge in [0.2, 0.25) is 5.91 Å². The van der Waals surface area contributed by atoms with Crippen molar-refractivity contribution in [2.24, 2.45) is 0 Å². The summed E-state index contributed by atoms with van der Waals surface area (Å²) in [6.45, 7) is 0.548. The Hall–Kier alpha value is -1.96. The molecular formula is C18H17ClN2OS. The number of amides is 1. The van der Waals surface area contributed by atoms with Gasteiger partial charge in [-0.25, -0.2) is 0 Å². The summed E-state index contributed by atoms with van der Waals surface area (Å²) in [4.78, 5) is 13.9. The van der Waals surface area contributed by atoms with Gasteiger partial charge in [-0.2, -0.15) is 5.26 Å². The number of thioether (sulfide) groups is 1. The van der Waals surface area contributed by atoms with Crippen LogP contribution in [0.25, 0.3) is 0 Å². The maximum absolute atomic E-state index is 12.1. The highest BCUT2D eigenvalue weighted by molar-refractivity contribution is 7.99. The number of hydrogen-bond donors (Lipinski definition) is 0. The molecule has 0 fully saturated rings. The fourth-order valence-electron chi connectivity index (χ4n) is 1.99. The second-order valence-electron chi connectivity index (χ2n) is 5.18. The standard InChI is InChI=1S/C18H17ClN2OS/c1-21(11-15-4-2-14(10-20)3-5-15)18(22)13-23-12-16-6-8-17(19)9-7-16/h2-9H,11-13H2,1H3. The minimum absolute atomic E-state index is 0.0910. The fraction of sp³-hybridized carbons (Fsp3) is 0.222. The van der Waals surface area contributed by atoms with Crippen LogP contribution in [0.4, 0.5) is 0 Å². The first-order valence-corrected chi connectivity index (χ1v) is 8.67. The van der Waals surface area contributed by atoms with E-state index in [0.717, 1.165) is 21.9 Å². The molecule has 0 aromatic heterocycles. The molecule has 0 unspecified atom stereocenters. The molecule has 118 valence electrons. The Labute approximate surface area is 145 Å². The Balaban J connectivity index is 1.78. The molecule has 2 aromatic carbocycles. The van der Waals surface area contributed by atoms with Crippen LogP contribution in [0.5, 0.6) is 0 Å². The summed E-state index contributed by atoms with van der Waals surface area (Å²) in [5.41, 5.74) is 2.80. The number of hydrogen-bond acceptors (Lipinski definition) is 3. The van der Waals surface area contributed by atoms with Crippen LogP contribution in [0, 0.1) is 11.3 Å². The molecule has 1 amide bonds. The molecule has 2 aromatic rings. The van der Waals surface area contributed by atoms with Crippen LogP contribution in [0.15, 0.2) is 48.5 Å². The van der Waals surface area contributed by atoms with E-state index in [-0.39, 0.29) is 5.91 Å². The molecule has 0 heterocycles. The van der Waals surface area contributed by atoms with E-state index in [4.69, 9.17) is 16.9 Å². The van der Waals surface area contributed by atoms with Crippen molar-refractivity contribution in [3.8, 4) is 6.07 Å². The SMILES string of the molecule is CN(Cc1ccc(C#N)cc1)C(=O)CSCc1ccc(Cl)cc1. The number of rotatable bonds is 6. The zero-order valence-electron chi connectivity index (χ0n) is 12.8. The molecule has 0 aliphatic heterocycles. The Bertz CT molecular complexity index is 692. The van der Waals surface area contributed by atoms with Gasteiger partial charge in [0.25, 0.3) is 0 Å². The minimum Gasteiger partial charge on any atom is -0.341 e. The summed E-state index contributed by atoms with van der Waals surface area (Å²) in [5.74, 6) is 1.32. The van der Waals surface area contributed by atoms with E-state index in [1.54, 1.807) is 35.8 Å². The quantitative estimate of drug-likeness (QED) is 0.792. The number of carbonyl (C=O) groups excluding carboxylic acids is 1. The van der Waals surface area contributed by atoms with E-state index in [9.17, 15) is 4.79 Å². The third-order valence-electron chi connectivity index (χ3n) is 3.34. The Kier molecular flexibility index (Phi) is 6.52. The molecule has 2 rings (SSSR count). The first kappa shape index (κ1) is 17.4. The van der Waals surface area contributed by atoms with Crippen LogP contribution in [-0.2, 0) is 17.1 Å². The maximum Gasteiger partial charge on any atom is 0.232 e. The monoisotopic (exact) mass is 344 g/mol. The normalized spacial score (nSPS) is 10.1. The largest absolute Gasteiger partial charge is 0.341 e. The van der Waals surface area contributed by atoms with Crippen molar-refractivity contribution in [2.75, 3.05) is 12.8 Å². The summed E-state index contributed by atoms with van der Waals surface area (Å²) < 4.78 is 0. The van der Waals surface area contributed by atoms with Crippen LogP contribution in [-0.4, -0.2) is 23.6 Å². The van der Waals surface area contributed by atoms with Crippen molar-refractivity contribution >= 4 is 29.3 Å². The van der Waals surface area contributed by atoms with Crippen molar-refractivity contribution in [1.82, 2.24) is 4.90 Å². The van der Waals surface area contributed by atoms with E-state index in [1.807, 2.05) is 36.4 Å². The summed E-state index contributed by atoms with van der Waals surface area (Å²) in [6, 6.07) is 17.0. The molecule has 0 N–H and O–H groups in total. The fourth-order valence-corrected chi connectivity index (χ4v) is 3.04. The summed E-state index contributed by atoms with van der Waals surface area (Å²) in [5, 5.41) is 9.50. The molecule has 0 radical (unpaired) electrons. The van der Waals surface area contributed by atoms with Gasteiger partial charge in [0, 0.05) is 24.4 Å².